The van der Waals surface area contributed by atoms with Crippen LogP contribution in [0.1, 0.15) is 54.9 Å². The number of benzene rings is 9. The van der Waals surface area contributed by atoms with Crippen molar-refractivity contribution in [2.24, 2.45) is 0 Å². The van der Waals surface area contributed by atoms with E-state index in [9.17, 15) is 110 Å². The van der Waals surface area contributed by atoms with Crippen molar-refractivity contribution in [1.82, 2.24) is 0 Å². The van der Waals surface area contributed by atoms with E-state index in [2.05, 4.69) is 73.0 Å². The molecule has 0 bridgehead atoms. The third-order valence-electron chi connectivity index (χ3n) is 13.9. The van der Waals surface area contributed by atoms with Crippen molar-refractivity contribution in [3.63, 3.8) is 0 Å². The van der Waals surface area contributed by atoms with Gasteiger partial charge in [0.05, 0.1) is 44.5 Å². The maximum absolute atomic E-state index is 14.2. The van der Waals surface area contributed by atoms with Crippen LogP contribution in [0.25, 0.3) is 32.3 Å². The van der Waals surface area contributed by atoms with Crippen LogP contribution < -0.4 is 21.9 Å². The van der Waals surface area contributed by atoms with E-state index >= 15 is 0 Å². The highest BCUT2D eigenvalue weighted by Crippen LogP contribution is 2.42. The fourth-order valence-corrected chi connectivity index (χ4v) is 12.0. The van der Waals surface area contributed by atoms with Gasteiger partial charge < -0.3 is 0 Å². The van der Waals surface area contributed by atoms with Crippen LogP contribution in [0.2, 0.25) is 0 Å². The Balaban J connectivity index is 0.000000274. The second-order valence-corrected chi connectivity index (χ2v) is 21.6. The van der Waals surface area contributed by atoms with E-state index in [1.165, 1.54) is 37.2 Å². The molecule has 452 valence electrons. The molecular weight excluding hydrogens is 1220 g/mol. The predicted octanol–water partition coefficient (Wildman–Crippen LogP) is 17.9. The molecule has 0 aliphatic rings. The van der Waals surface area contributed by atoms with Gasteiger partial charge in [-0.05, 0) is 70.1 Å². The highest BCUT2D eigenvalue weighted by Gasteiger charge is 2.47. The van der Waals surface area contributed by atoms with E-state index in [0.29, 0.717) is 5.75 Å². The molecule has 0 N–H and O–H groups in total. The minimum atomic E-state index is -6.13. The van der Waals surface area contributed by atoms with Crippen molar-refractivity contribution in [2.75, 3.05) is 12.0 Å². The molecule has 0 aromatic heterocycles. The standard InChI is InChI=1S/C32H12BF24.C27H21OS/c34-25(35,36)13-1-14(26(37,38)39)6-21(5-13)33(22-7-15(27(40,41)42)2-16(8-22)28(43,44)45,23-9-17(29(46,47)48)3-18(10-23)30(49,50)51)24-11-19(31(52,53)54)4-20(12-24)32(55,56)57;1-29(18-26(28)19-9-3-2-4-10-19)27-24-14-8-7-13-22(24)16-23-15-20-11-5-6-12-21(20)17-25(23)27/h1-12H;2-17H,18H2,1H3/q-1;+1. The average Bonchev–Trinajstić information content (AvgIpc) is 0.729. The summed E-state index contributed by atoms with van der Waals surface area (Å²) in [5, 5.41) is 7.47. The molecule has 0 radical (unpaired) electrons. The Kier molecular flexibility index (Phi) is 16.8. The number of Topliss-reactive ketones (excluding diaryl/α,β-unsaturated/α-hetero) is 1. The molecule has 9 aromatic carbocycles. The van der Waals surface area contributed by atoms with Crippen LogP contribution in [-0.4, -0.2) is 23.9 Å². The first kappa shape index (κ1) is 64.2. The van der Waals surface area contributed by atoms with E-state index in [1.54, 1.807) is 0 Å². The molecule has 0 spiro atoms. The fourth-order valence-electron chi connectivity index (χ4n) is 10.1. The molecule has 9 aromatic rings. The van der Waals surface area contributed by atoms with Gasteiger partial charge in [0.25, 0.3) is 0 Å². The zero-order chi connectivity index (χ0) is 63.7. The quantitative estimate of drug-likeness (QED) is 0.0487. The lowest BCUT2D eigenvalue weighted by atomic mass is 9.12. The number of ketones is 1. The Hall–Kier alpha value is -7.84. The summed E-state index contributed by atoms with van der Waals surface area (Å²) in [7, 11) is -0.206. The Morgan fingerprint density at radius 2 is 0.581 bits per heavy atom. The number of carbonyl (C=O) groups is 1. The summed E-state index contributed by atoms with van der Waals surface area (Å²) in [5.41, 5.74) is -29.4. The smallest absolute Gasteiger partial charge is 0.289 e. The first-order valence-electron chi connectivity index (χ1n) is 24.4. The molecule has 1 unspecified atom stereocenters. The van der Waals surface area contributed by atoms with Gasteiger partial charge >= 0.3 is 49.4 Å². The second-order valence-electron chi connectivity index (χ2n) is 19.6. The first-order chi connectivity index (χ1) is 39.5. The van der Waals surface area contributed by atoms with Crippen LogP contribution in [0.5, 0.6) is 0 Å². The van der Waals surface area contributed by atoms with Crippen LogP contribution in [0, 0.1) is 0 Å². The highest BCUT2D eigenvalue weighted by atomic mass is 32.2. The number of halogens is 24. The summed E-state index contributed by atoms with van der Waals surface area (Å²) in [5.74, 6) is 0.734. The average molecular weight is 1260 g/mol. The molecule has 86 heavy (non-hydrogen) atoms. The first-order valence-corrected chi connectivity index (χ1v) is 26.2. The summed E-state index contributed by atoms with van der Waals surface area (Å²) < 4.78 is 341. The predicted molar refractivity (Wildman–Crippen MR) is 276 cm³/mol. The SMILES string of the molecule is C[S+](CC(=O)c1ccccc1)c1c2ccccc2cc2cc3ccccc3cc12.FC(F)(F)c1cc([B-](c2cc(C(F)(F)F)cc(C(F)(F)F)c2)(c2cc(C(F)(F)F)cc(C(F)(F)F)c2)c2cc(C(F)(F)F)cc(C(F)(F)F)c2)cc(C(F)(F)F)c1. The molecule has 0 amide bonds. The summed E-state index contributed by atoms with van der Waals surface area (Å²) >= 11 is 0. The number of hydrogen-bond acceptors (Lipinski definition) is 1. The van der Waals surface area contributed by atoms with Crippen LogP contribution in [0.3, 0.4) is 0 Å². The van der Waals surface area contributed by atoms with E-state index in [4.69, 9.17) is 0 Å². The maximum atomic E-state index is 14.2. The van der Waals surface area contributed by atoms with Gasteiger partial charge in [-0.1, -0.05) is 121 Å². The van der Waals surface area contributed by atoms with E-state index in [1.807, 2.05) is 30.3 Å². The summed E-state index contributed by atoms with van der Waals surface area (Å²) in [6, 6.07) is 24.7. The van der Waals surface area contributed by atoms with Crippen molar-refractivity contribution >= 4 is 77.0 Å². The molecule has 9 rings (SSSR count). The Morgan fingerprint density at radius 3 is 0.895 bits per heavy atom. The molecule has 0 heterocycles. The molecular formula is C59H33BF24OS. The molecule has 0 fully saturated rings. The van der Waals surface area contributed by atoms with Gasteiger partial charge in [0.15, 0.2) is 10.6 Å². The van der Waals surface area contributed by atoms with Crippen LogP contribution >= 0.6 is 0 Å². The van der Waals surface area contributed by atoms with Crippen LogP contribution in [0.15, 0.2) is 175 Å². The molecule has 0 aliphatic carbocycles. The van der Waals surface area contributed by atoms with Gasteiger partial charge in [0, 0.05) is 27.2 Å². The topological polar surface area (TPSA) is 17.1 Å². The number of alkyl halides is 24. The Labute approximate surface area is 472 Å². The maximum Gasteiger partial charge on any atom is 0.416 e. The van der Waals surface area contributed by atoms with Gasteiger partial charge in [0.2, 0.25) is 5.78 Å². The minimum absolute atomic E-state index is 0.206. The number of fused-ring (bicyclic) bond motifs is 3. The number of rotatable bonds is 8. The van der Waals surface area contributed by atoms with Gasteiger partial charge in [-0.3, -0.25) is 4.79 Å². The Bertz CT molecular complexity index is 3580. The molecule has 0 aliphatic heterocycles. The largest absolute Gasteiger partial charge is 0.416 e. The van der Waals surface area contributed by atoms with Crippen molar-refractivity contribution in [3.8, 4) is 0 Å². The van der Waals surface area contributed by atoms with Gasteiger partial charge in [-0.15, -0.1) is 0 Å². The van der Waals surface area contributed by atoms with Crippen LogP contribution in [-0.2, 0) is 60.3 Å². The molecule has 0 saturated heterocycles. The summed E-state index contributed by atoms with van der Waals surface area (Å²) in [6.07, 6.45) is -52.6. The second kappa shape index (κ2) is 22.5. The minimum Gasteiger partial charge on any atom is -0.289 e. The molecule has 27 heteroatoms. The van der Waals surface area contributed by atoms with E-state index in [-0.39, 0.29) is 16.7 Å². The van der Waals surface area contributed by atoms with Crippen molar-refractivity contribution in [3.05, 3.63) is 220 Å². The third-order valence-corrected chi connectivity index (χ3v) is 15.7. The zero-order valence-corrected chi connectivity index (χ0v) is 43.7. The fraction of sp³-hybridized carbons (Fsp3) is 0.169. The number of hydrogen-bond donors (Lipinski definition) is 0. The van der Waals surface area contributed by atoms with Crippen molar-refractivity contribution < 1.29 is 110 Å². The lowest BCUT2D eigenvalue weighted by Gasteiger charge is -2.46. The van der Waals surface area contributed by atoms with Crippen LogP contribution in [0.4, 0.5) is 105 Å². The highest BCUT2D eigenvalue weighted by molar-refractivity contribution is 7.97. The normalized spacial score (nSPS) is 13.7. The lowest BCUT2D eigenvalue weighted by Crippen LogP contribution is -2.75. The van der Waals surface area contributed by atoms with Crippen molar-refractivity contribution in [1.29, 1.82) is 0 Å². The number of carbonyl (C=O) groups excluding carboxylic acids is 1. The van der Waals surface area contributed by atoms with E-state index < -0.39 is 195 Å². The molecule has 0 saturated carbocycles. The lowest BCUT2D eigenvalue weighted by molar-refractivity contribution is -0.144. The van der Waals surface area contributed by atoms with Gasteiger partial charge in [-0.25, -0.2) is 0 Å². The summed E-state index contributed by atoms with van der Waals surface area (Å²) in [6.45, 7) is 0. The van der Waals surface area contributed by atoms with E-state index in [0.717, 1.165) is 5.56 Å². The van der Waals surface area contributed by atoms with Gasteiger partial charge in [-0.2, -0.15) is 127 Å². The third kappa shape index (κ3) is 13.6. The Morgan fingerprint density at radius 1 is 0.314 bits per heavy atom. The summed E-state index contributed by atoms with van der Waals surface area (Å²) in [4.78, 5) is 14.2. The molecule has 1 atom stereocenters. The zero-order valence-electron chi connectivity index (χ0n) is 42.8. The molecule has 1 nitrogen and oxygen atoms in total. The van der Waals surface area contributed by atoms with Gasteiger partial charge in [0.1, 0.15) is 12.4 Å². The monoisotopic (exact) mass is 1260 g/mol. The van der Waals surface area contributed by atoms with Crippen molar-refractivity contribution in [2.45, 2.75) is 54.3 Å².